The molecule has 0 aromatic carbocycles. The molecular weight excluding hydrogens is 294 g/mol. The quantitative estimate of drug-likeness (QED) is 0.925. The molecule has 1 saturated heterocycles. The topological polar surface area (TPSA) is 74.3 Å². The second-order valence-electron chi connectivity index (χ2n) is 5.83. The molecule has 1 unspecified atom stereocenters. The standard InChI is InChI=1S/C16H21N5O2/c1-20(2)11-4-5-17-13(8-11)16(22)21-10-12(23-3)9-14(21)15-18-6-7-19-15/h4-8,12,14H,9-10H2,1-3H3,(H,18,19)/t12-,14?/m1/s1. The minimum atomic E-state index is -0.118. The minimum absolute atomic E-state index is 0.00563. The average molecular weight is 315 g/mol. The predicted octanol–water partition coefficient (Wildman–Crippen LogP) is 1.47. The smallest absolute Gasteiger partial charge is 0.273 e. The van der Waals surface area contributed by atoms with Crippen LogP contribution in [0.2, 0.25) is 0 Å². The van der Waals surface area contributed by atoms with Crippen molar-refractivity contribution in [1.82, 2.24) is 19.9 Å². The fourth-order valence-electron chi connectivity index (χ4n) is 2.87. The Morgan fingerprint density at radius 3 is 2.87 bits per heavy atom. The Kier molecular flexibility index (Phi) is 4.29. The molecule has 7 nitrogen and oxygen atoms in total. The van der Waals surface area contributed by atoms with Gasteiger partial charge >= 0.3 is 0 Å². The summed E-state index contributed by atoms with van der Waals surface area (Å²) in [6, 6.07) is 3.57. The summed E-state index contributed by atoms with van der Waals surface area (Å²) < 4.78 is 5.45. The molecule has 1 aliphatic rings. The fourth-order valence-corrected chi connectivity index (χ4v) is 2.87. The molecular formula is C16H21N5O2. The van der Waals surface area contributed by atoms with Gasteiger partial charge in [0, 0.05) is 58.4 Å². The first-order chi connectivity index (χ1) is 11.1. The molecule has 0 saturated carbocycles. The first-order valence-corrected chi connectivity index (χ1v) is 7.56. The van der Waals surface area contributed by atoms with Crippen molar-refractivity contribution in [1.29, 1.82) is 0 Å². The van der Waals surface area contributed by atoms with Crippen molar-refractivity contribution in [2.24, 2.45) is 0 Å². The third-order valence-corrected chi connectivity index (χ3v) is 4.17. The molecule has 1 aliphatic heterocycles. The molecule has 122 valence electrons. The maximum absolute atomic E-state index is 12.9. The largest absolute Gasteiger partial charge is 0.380 e. The number of aromatic amines is 1. The van der Waals surface area contributed by atoms with Crippen molar-refractivity contribution < 1.29 is 9.53 Å². The lowest BCUT2D eigenvalue weighted by Crippen LogP contribution is -2.33. The second kappa shape index (κ2) is 6.37. The molecule has 1 N–H and O–H groups in total. The van der Waals surface area contributed by atoms with Gasteiger partial charge in [-0.05, 0) is 12.1 Å². The van der Waals surface area contributed by atoms with E-state index in [2.05, 4.69) is 15.0 Å². The van der Waals surface area contributed by atoms with Crippen molar-refractivity contribution in [3.63, 3.8) is 0 Å². The summed E-state index contributed by atoms with van der Waals surface area (Å²) in [7, 11) is 5.54. The number of carbonyl (C=O) groups excluding carboxylic acids is 1. The third kappa shape index (κ3) is 3.05. The van der Waals surface area contributed by atoms with E-state index in [-0.39, 0.29) is 18.1 Å². The lowest BCUT2D eigenvalue weighted by Gasteiger charge is -2.23. The molecule has 7 heteroatoms. The predicted molar refractivity (Wildman–Crippen MR) is 86.3 cm³/mol. The molecule has 0 spiro atoms. The second-order valence-corrected chi connectivity index (χ2v) is 5.83. The summed E-state index contributed by atoms with van der Waals surface area (Å²) in [6.07, 6.45) is 5.86. The molecule has 0 bridgehead atoms. The molecule has 2 aromatic rings. The molecule has 1 amide bonds. The number of H-pyrrole nitrogens is 1. The van der Waals surface area contributed by atoms with Crippen molar-refractivity contribution in [3.8, 4) is 0 Å². The highest BCUT2D eigenvalue weighted by atomic mass is 16.5. The van der Waals surface area contributed by atoms with E-state index in [1.165, 1.54) is 0 Å². The number of anilines is 1. The van der Waals surface area contributed by atoms with Crippen molar-refractivity contribution in [2.45, 2.75) is 18.6 Å². The van der Waals surface area contributed by atoms with E-state index in [4.69, 9.17) is 4.74 Å². The average Bonchev–Trinajstić information content (AvgIpc) is 3.23. The zero-order chi connectivity index (χ0) is 16.4. The third-order valence-electron chi connectivity index (χ3n) is 4.17. The van der Waals surface area contributed by atoms with Crippen LogP contribution in [-0.2, 0) is 4.74 Å². The van der Waals surface area contributed by atoms with Gasteiger partial charge < -0.3 is 19.5 Å². The zero-order valence-corrected chi connectivity index (χ0v) is 13.6. The van der Waals surface area contributed by atoms with Gasteiger partial charge in [-0.1, -0.05) is 0 Å². The molecule has 2 aromatic heterocycles. The summed E-state index contributed by atoms with van der Waals surface area (Å²) in [4.78, 5) is 28.3. The number of rotatable bonds is 4. The van der Waals surface area contributed by atoms with Crippen LogP contribution < -0.4 is 4.90 Å². The number of aromatic nitrogens is 3. The number of hydrogen-bond acceptors (Lipinski definition) is 5. The van der Waals surface area contributed by atoms with E-state index >= 15 is 0 Å². The maximum Gasteiger partial charge on any atom is 0.273 e. The van der Waals surface area contributed by atoms with Crippen LogP contribution in [0.25, 0.3) is 0 Å². The number of amides is 1. The van der Waals surface area contributed by atoms with Gasteiger partial charge in [-0.3, -0.25) is 9.78 Å². The SMILES string of the molecule is CO[C@@H]1CC(c2ncc[nH]2)N(C(=O)c2cc(N(C)C)ccn2)C1. The number of hydrogen-bond donors (Lipinski definition) is 1. The number of methoxy groups -OCH3 is 1. The van der Waals surface area contributed by atoms with Gasteiger partial charge in [0.15, 0.2) is 0 Å². The van der Waals surface area contributed by atoms with E-state index in [0.29, 0.717) is 12.2 Å². The van der Waals surface area contributed by atoms with E-state index in [0.717, 1.165) is 17.9 Å². The Hall–Kier alpha value is -2.41. The van der Waals surface area contributed by atoms with Crippen LogP contribution in [0, 0.1) is 0 Å². The first-order valence-electron chi connectivity index (χ1n) is 7.56. The Balaban J connectivity index is 1.88. The highest BCUT2D eigenvalue weighted by Gasteiger charge is 2.38. The molecule has 1 fully saturated rings. The lowest BCUT2D eigenvalue weighted by molar-refractivity contribution is 0.0679. The Morgan fingerprint density at radius 2 is 2.22 bits per heavy atom. The van der Waals surface area contributed by atoms with Crippen LogP contribution in [0.4, 0.5) is 5.69 Å². The number of nitrogens with one attached hydrogen (secondary N) is 1. The maximum atomic E-state index is 12.9. The normalized spacial score (nSPS) is 20.7. The van der Waals surface area contributed by atoms with E-state index < -0.39 is 0 Å². The van der Waals surface area contributed by atoms with Gasteiger partial charge in [-0.2, -0.15) is 0 Å². The summed E-state index contributed by atoms with van der Waals surface area (Å²) in [5, 5.41) is 0. The van der Waals surface area contributed by atoms with E-state index in [9.17, 15) is 4.79 Å². The highest BCUT2D eigenvalue weighted by Crippen LogP contribution is 2.32. The van der Waals surface area contributed by atoms with Gasteiger partial charge in [-0.15, -0.1) is 0 Å². The summed E-state index contributed by atoms with van der Waals surface area (Å²) >= 11 is 0. The van der Waals surface area contributed by atoms with Crippen molar-refractivity contribution >= 4 is 11.6 Å². The Bertz CT molecular complexity index is 671. The van der Waals surface area contributed by atoms with Gasteiger partial charge in [0.2, 0.25) is 0 Å². The van der Waals surface area contributed by atoms with E-state index in [1.54, 1.807) is 30.6 Å². The molecule has 0 aliphatic carbocycles. The number of nitrogens with zero attached hydrogens (tertiary/aromatic N) is 4. The van der Waals surface area contributed by atoms with Gasteiger partial charge in [0.05, 0.1) is 12.1 Å². The summed E-state index contributed by atoms with van der Waals surface area (Å²) in [5.41, 5.74) is 1.38. The van der Waals surface area contributed by atoms with Crippen LogP contribution in [-0.4, -0.2) is 59.6 Å². The lowest BCUT2D eigenvalue weighted by atomic mass is 10.2. The molecule has 2 atom stereocenters. The minimum Gasteiger partial charge on any atom is -0.380 e. The van der Waals surface area contributed by atoms with E-state index in [1.807, 2.05) is 31.1 Å². The van der Waals surface area contributed by atoms with Gasteiger partial charge in [0.25, 0.3) is 5.91 Å². The monoisotopic (exact) mass is 315 g/mol. The molecule has 23 heavy (non-hydrogen) atoms. The first kappa shape index (κ1) is 15.5. The summed E-state index contributed by atoms with van der Waals surface area (Å²) in [6.45, 7) is 0.536. The number of pyridine rings is 1. The Labute approximate surface area is 135 Å². The van der Waals surface area contributed by atoms with Crippen LogP contribution in [0.3, 0.4) is 0 Å². The fraction of sp³-hybridized carbons (Fsp3) is 0.438. The Morgan fingerprint density at radius 1 is 1.39 bits per heavy atom. The van der Waals surface area contributed by atoms with Crippen LogP contribution in [0.15, 0.2) is 30.7 Å². The van der Waals surface area contributed by atoms with Crippen molar-refractivity contribution in [2.75, 3.05) is 32.6 Å². The van der Waals surface area contributed by atoms with Crippen molar-refractivity contribution in [3.05, 3.63) is 42.2 Å². The number of ether oxygens (including phenoxy) is 1. The molecule has 3 rings (SSSR count). The molecule has 0 radical (unpaired) electrons. The number of carbonyl (C=O) groups is 1. The van der Waals surface area contributed by atoms with Gasteiger partial charge in [0.1, 0.15) is 11.5 Å². The number of likely N-dealkylation sites (tertiary alicyclic amines) is 1. The zero-order valence-electron chi connectivity index (χ0n) is 13.6. The highest BCUT2D eigenvalue weighted by molar-refractivity contribution is 5.93. The van der Waals surface area contributed by atoms with Crippen LogP contribution in [0.1, 0.15) is 28.8 Å². The van der Waals surface area contributed by atoms with Crippen LogP contribution in [0.5, 0.6) is 0 Å². The number of imidazole rings is 1. The van der Waals surface area contributed by atoms with Crippen LogP contribution >= 0.6 is 0 Å². The summed E-state index contributed by atoms with van der Waals surface area (Å²) in [5.74, 6) is 0.677. The van der Waals surface area contributed by atoms with Gasteiger partial charge in [-0.25, -0.2) is 4.98 Å². The molecule has 3 heterocycles.